The second-order valence-corrected chi connectivity index (χ2v) is 5.84. The molecule has 1 fully saturated rings. The molecule has 2 unspecified atom stereocenters. The fourth-order valence-corrected chi connectivity index (χ4v) is 3.44. The van der Waals surface area contributed by atoms with Gasteiger partial charge in [0.1, 0.15) is 0 Å². The summed E-state index contributed by atoms with van der Waals surface area (Å²) in [5.74, 6) is -0.748. The van der Waals surface area contributed by atoms with E-state index in [4.69, 9.17) is 0 Å². The number of rotatable bonds is 1. The molecule has 0 radical (unpaired) electrons. The molecule has 2 heterocycles. The number of aliphatic carboxylic acids is 1. The number of nitrogens with one attached hydrogen (secondary N) is 1. The number of hydrogen-bond acceptors (Lipinski definition) is 3. The van der Waals surface area contributed by atoms with Crippen LogP contribution in [0.25, 0.3) is 17.8 Å². The molecule has 114 valence electrons. The number of benzene rings is 1. The molecule has 1 aromatic rings. The van der Waals surface area contributed by atoms with E-state index < -0.39 is 5.97 Å². The van der Waals surface area contributed by atoms with Crippen LogP contribution in [-0.2, 0) is 4.79 Å². The lowest BCUT2D eigenvalue weighted by molar-refractivity contribution is -0.142. The number of carbonyl (C=O) groups is 1. The van der Waals surface area contributed by atoms with Gasteiger partial charge < -0.3 is 10.4 Å². The van der Waals surface area contributed by atoms with Gasteiger partial charge in [-0.3, -0.25) is 9.79 Å². The summed E-state index contributed by atoms with van der Waals surface area (Å²) in [6.45, 7) is 0.507. The van der Waals surface area contributed by atoms with E-state index >= 15 is 0 Å². The summed E-state index contributed by atoms with van der Waals surface area (Å²) in [7, 11) is 0. The van der Waals surface area contributed by atoms with Crippen LogP contribution in [0.4, 0.5) is 5.69 Å². The normalized spacial score (nSPS) is 24.1. The Morgan fingerprint density at radius 3 is 3.05 bits per heavy atom. The van der Waals surface area contributed by atoms with Gasteiger partial charge in [0.2, 0.25) is 0 Å². The third-order valence-electron chi connectivity index (χ3n) is 4.54. The van der Waals surface area contributed by atoms with Crippen LogP contribution in [0.2, 0.25) is 0 Å². The maximum atomic E-state index is 11.2. The van der Waals surface area contributed by atoms with E-state index in [-0.39, 0.29) is 24.2 Å². The molecule has 0 bridgehead atoms. The van der Waals surface area contributed by atoms with Crippen LogP contribution in [-0.4, -0.2) is 23.8 Å². The van der Waals surface area contributed by atoms with Gasteiger partial charge in [-0.15, -0.1) is 12.4 Å². The van der Waals surface area contributed by atoms with Crippen molar-refractivity contribution in [1.29, 1.82) is 0 Å². The smallest absolute Gasteiger partial charge is 0.308 e. The molecular weight excluding hydrogens is 300 g/mol. The summed E-state index contributed by atoms with van der Waals surface area (Å²) in [5, 5.41) is 14.9. The summed E-state index contributed by atoms with van der Waals surface area (Å²) in [4.78, 5) is 15.6. The Morgan fingerprint density at radius 1 is 1.36 bits per heavy atom. The fraction of sp³-hybridized carbons (Fsp3) is 0.294. The van der Waals surface area contributed by atoms with Crippen molar-refractivity contribution in [2.75, 3.05) is 6.54 Å². The van der Waals surface area contributed by atoms with E-state index in [1.54, 1.807) is 0 Å². The topological polar surface area (TPSA) is 61.7 Å². The van der Waals surface area contributed by atoms with Crippen molar-refractivity contribution in [2.24, 2.45) is 16.8 Å². The minimum absolute atomic E-state index is 0. The van der Waals surface area contributed by atoms with Crippen LogP contribution in [0.3, 0.4) is 0 Å². The predicted octanol–water partition coefficient (Wildman–Crippen LogP) is 1.44. The molecule has 4 rings (SSSR count). The number of hydrogen-bond donors (Lipinski definition) is 2. The van der Waals surface area contributed by atoms with Crippen LogP contribution in [0.1, 0.15) is 18.4 Å². The number of piperidine rings is 1. The number of allylic oxidation sites excluding steroid dienone is 1. The quantitative estimate of drug-likeness (QED) is 0.824. The lowest BCUT2D eigenvalue weighted by Crippen LogP contribution is -2.40. The minimum atomic E-state index is -0.705. The van der Waals surface area contributed by atoms with Crippen LogP contribution in [0.5, 0.6) is 0 Å². The first-order valence-electron chi connectivity index (χ1n) is 7.28. The molecular formula is C17H17ClN2O2. The van der Waals surface area contributed by atoms with Crippen LogP contribution in [0, 0.1) is 11.8 Å². The number of nitrogens with zero attached hydrogens (tertiary/aromatic N) is 1. The zero-order valence-electron chi connectivity index (χ0n) is 12.0. The number of carboxylic acid groups (broad SMARTS) is 1. The van der Waals surface area contributed by atoms with Gasteiger partial charge in [0.05, 0.1) is 11.6 Å². The standard InChI is InChI=1S/C17H16N2O2.ClH/c20-17(21)13-7-12-3-1-2-10-6-11-4-5-18-15(11)8-14(10)16(12)19-9-13;/h1-2,4-6,8,12-13,19H,3,7,9H2,(H,20,21);1H. The zero-order valence-corrected chi connectivity index (χ0v) is 12.8. The monoisotopic (exact) mass is 316 g/mol. The van der Waals surface area contributed by atoms with E-state index in [0.717, 1.165) is 17.3 Å². The van der Waals surface area contributed by atoms with Gasteiger partial charge in [-0.1, -0.05) is 12.2 Å². The van der Waals surface area contributed by atoms with E-state index in [1.165, 1.54) is 16.5 Å². The molecule has 1 aromatic carbocycles. The van der Waals surface area contributed by atoms with Gasteiger partial charge in [-0.25, -0.2) is 0 Å². The molecule has 2 atom stereocenters. The van der Waals surface area contributed by atoms with Crippen molar-refractivity contribution in [2.45, 2.75) is 12.8 Å². The lowest BCUT2D eigenvalue weighted by Gasteiger charge is -2.30. The first-order valence-corrected chi connectivity index (χ1v) is 7.28. The maximum Gasteiger partial charge on any atom is 0.308 e. The molecule has 4 nitrogen and oxygen atoms in total. The van der Waals surface area contributed by atoms with E-state index in [2.05, 4.69) is 34.6 Å². The Labute approximate surface area is 134 Å². The number of aliphatic imine (C=N–C) groups is 1. The molecule has 0 aromatic heterocycles. The van der Waals surface area contributed by atoms with E-state index in [9.17, 15) is 9.90 Å². The van der Waals surface area contributed by atoms with E-state index in [0.29, 0.717) is 13.0 Å². The van der Waals surface area contributed by atoms with Gasteiger partial charge >= 0.3 is 5.97 Å². The minimum Gasteiger partial charge on any atom is -0.481 e. The van der Waals surface area contributed by atoms with Gasteiger partial charge in [-0.2, -0.15) is 0 Å². The highest BCUT2D eigenvalue weighted by Crippen LogP contribution is 2.29. The summed E-state index contributed by atoms with van der Waals surface area (Å²) in [5.41, 5.74) is 3.36. The van der Waals surface area contributed by atoms with Crippen molar-refractivity contribution in [3.63, 3.8) is 0 Å². The molecule has 22 heavy (non-hydrogen) atoms. The highest BCUT2D eigenvalue weighted by molar-refractivity contribution is 5.97. The Bertz CT molecular complexity index is 811. The summed E-state index contributed by atoms with van der Waals surface area (Å²) >= 11 is 0. The van der Waals surface area contributed by atoms with Crippen molar-refractivity contribution < 1.29 is 9.90 Å². The van der Waals surface area contributed by atoms with Crippen molar-refractivity contribution >= 4 is 48.1 Å². The summed E-state index contributed by atoms with van der Waals surface area (Å²) < 4.78 is 0. The van der Waals surface area contributed by atoms with Gasteiger partial charge in [0.15, 0.2) is 0 Å². The maximum absolute atomic E-state index is 11.2. The van der Waals surface area contributed by atoms with Gasteiger partial charge in [0.25, 0.3) is 0 Å². The third kappa shape index (κ3) is 2.33. The van der Waals surface area contributed by atoms with Crippen LogP contribution in [0.15, 0.2) is 23.2 Å². The molecule has 5 heteroatoms. The molecule has 3 aliphatic rings. The number of halogens is 1. The number of carboxylic acids is 1. The van der Waals surface area contributed by atoms with Gasteiger partial charge in [-0.05, 0) is 36.6 Å². The van der Waals surface area contributed by atoms with Crippen molar-refractivity contribution in [3.8, 4) is 0 Å². The van der Waals surface area contributed by atoms with Gasteiger partial charge in [0, 0.05) is 34.8 Å². The largest absolute Gasteiger partial charge is 0.481 e. The SMILES string of the molecule is Cl.O=C(O)C1CNC2=c3cc4c(cc3C=CCC2C1)=CC=N4. The zero-order chi connectivity index (χ0) is 14.4. The molecule has 0 saturated carbocycles. The predicted molar refractivity (Wildman–Crippen MR) is 89.9 cm³/mol. The molecule has 2 aliphatic heterocycles. The summed E-state index contributed by atoms with van der Waals surface area (Å²) in [6.07, 6.45) is 9.73. The fourth-order valence-electron chi connectivity index (χ4n) is 3.44. The van der Waals surface area contributed by atoms with Crippen molar-refractivity contribution in [1.82, 2.24) is 5.32 Å². The molecule has 0 amide bonds. The Balaban J connectivity index is 0.00000144. The molecule has 2 N–H and O–H groups in total. The lowest BCUT2D eigenvalue weighted by atomic mass is 9.85. The molecule has 1 saturated heterocycles. The summed E-state index contributed by atoms with van der Waals surface area (Å²) in [6, 6.07) is 4.28. The number of fused-ring (bicyclic) bond motifs is 3. The Hall–Kier alpha value is -2.07. The highest BCUT2D eigenvalue weighted by atomic mass is 35.5. The second kappa shape index (κ2) is 5.61. The second-order valence-electron chi connectivity index (χ2n) is 5.84. The van der Waals surface area contributed by atoms with Crippen molar-refractivity contribution in [3.05, 3.63) is 34.2 Å². The van der Waals surface area contributed by atoms with Crippen LogP contribution >= 0.6 is 12.4 Å². The van der Waals surface area contributed by atoms with E-state index in [1.807, 2.05) is 12.3 Å². The van der Waals surface area contributed by atoms with Crippen LogP contribution < -0.4 is 15.8 Å². The third-order valence-corrected chi connectivity index (χ3v) is 4.54. The average molecular weight is 317 g/mol. The Morgan fingerprint density at radius 2 is 2.23 bits per heavy atom. The Kier molecular flexibility index (Phi) is 3.79. The molecule has 1 aliphatic carbocycles. The first-order chi connectivity index (χ1) is 10.2. The first kappa shape index (κ1) is 14.9. The highest BCUT2D eigenvalue weighted by Gasteiger charge is 2.30. The molecule has 0 spiro atoms. The average Bonchev–Trinajstić information content (AvgIpc) is 2.85.